The molecule has 3 rings (SSSR count). The topological polar surface area (TPSA) is 73.8 Å². The highest BCUT2D eigenvalue weighted by Gasteiger charge is 2.31. The minimum atomic E-state index is -1.17. The monoisotopic (exact) mass is 410 g/mol. The van der Waals surface area contributed by atoms with Crippen LogP contribution in [0, 0.1) is 5.82 Å². The number of fused-ring (bicyclic) bond motifs is 1. The van der Waals surface area contributed by atoms with Crippen molar-refractivity contribution in [1.29, 1.82) is 0 Å². The number of halogens is 1. The van der Waals surface area contributed by atoms with Gasteiger partial charge in [-0.15, -0.1) is 0 Å². The van der Waals surface area contributed by atoms with E-state index >= 15 is 0 Å². The van der Waals surface area contributed by atoms with Gasteiger partial charge in [0.05, 0.1) is 11.4 Å². The second kappa shape index (κ2) is 9.52. The van der Waals surface area contributed by atoms with Crippen molar-refractivity contribution in [2.45, 2.75) is 45.3 Å². The molecule has 158 valence electrons. The van der Waals surface area contributed by atoms with E-state index in [9.17, 15) is 14.0 Å². The Kier molecular flexibility index (Phi) is 6.82. The van der Waals surface area contributed by atoms with E-state index in [1.165, 1.54) is 11.0 Å². The number of nitrogens with one attached hydrogen (secondary N) is 2. The van der Waals surface area contributed by atoms with E-state index in [1.807, 2.05) is 19.9 Å². The highest BCUT2D eigenvalue weighted by atomic mass is 19.1. The maximum absolute atomic E-state index is 14.6. The van der Waals surface area contributed by atoms with Crippen LogP contribution in [0.1, 0.15) is 44.2 Å². The van der Waals surface area contributed by atoms with Gasteiger partial charge in [0.1, 0.15) is 5.82 Å². The van der Waals surface area contributed by atoms with E-state index in [-0.39, 0.29) is 11.6 Å². The van der Waals surface area contributed by atoms with Gasteiger partial charge in [0, 0.05) is 24.2 Å². The number of benzene rings is 2. The lowest BCUT2D eigenvalue weighted by Crippen LogP contribution is -2.51. The van der Waals surface area contributed by atoms with Gasteiger partial charge in [-0.3, -0.25) is 4.79 Å². The number of nitrogens with zero attached hydrogens (tertiary/aromatic N) is 2. The van der Waals surface area contributed by atoms with E-state index in [0.29, 0.717) is 17.0 Å². The highest BCUT2D eigenvalue weighted by Crippen LogP contribution is 2.27. The lowest BCUT2D eigenvalue weighted by molar-refractivity contribution is -0.119. The minimum Gasteiger partial charge on any atom is -0.335 e. The molecule has 30 heavy (non-hydrogen) atoms. The Morgan fingerprint density at radius 2 is 1.80 bits per heavy atom. The van der Waals surface area contributed by atoms with Crippen molar-refractivity contribution in [3.63, 3.8) is 0 Å². The Morgan fingerprint density at radius 1 is 1.13 bits per heavy atom. The molecule has 2 N–H and O–H groups in total. The number of para-hydroxylation sites is 1. The van der Waals surface area contributed by atoms with Gasteiger partial charge in [0.2, 0.25) is 6.17 Å². The number of benzodiazepines with no additional fused rings is 1. The van der Waals surface area contributed by atoms with Gasteiger partial charge >= 0.3 is 6.03 Å². The third-order valence-electron chi connectivity index (χ3n) is 5.21. The van der Waals surface area contributed by atoms with Crippen molar-refractivity contribution in [2.24, 2.45) is 4.99 Å². The fourth-order valence-electron chi connectivity index (χ4n) is 3.56. The van der Waals surface area contributed by atoms with Crippen molar-refractivity contribution in [3.05, 3.63) is 65.5 Å². The van der Waals surface area contributed by atoms with Gasteiger partial charge in [-0.25, -0.2) is 14.2 Å². The van der Waals surface area contributed by atoms with Crippen molar-refractivity contribution in [1.82, 2.24) is 10.6 Å². The molecule has 2 unspecified atom stereocenters. The van der Waals surface area contributed by atoms with Crippen LogP contribution in [-0.2, 0) is 4.79 Å². The third-order valence-corrected chi connectivity index (χ3v) is 5.21. The molecule has 2 atom stereocenters. The predicted octanol–water partition coefficient (Wildman–Crippen LogP) is 3.84. The van der Waals surface area contributed by atoms with E-state index in [4.69, 9.17) is 0 Å². The zero-order valence-electron chi connectivity index (χ0n) is 17.5. The number of carbonyl (C=O) groups excluding carboxylic acids is 2. The molecular formula is C23H27FN4O2. The summed E-state index contributed by atoms with van der Waals surface area (Å²) in [5.74, 6) is -0.840. The molecule has 7 heteroatoms. The second-order valence-corrected chi connectivity index (χ2v) is 7.29. The van der Waals surface area contributed by atoms with E-state index < -0.39 is 23.9 Å². The van der Waals surface area contributed by atoms with Gasteiger partial charge in [-0.1, -0.05) is 50.6 Å². The zero-order valence-corrected chi connectivity index (χ0v) is 17.5. The number of urea groups is 1. The first-order valence-electron chi connectivity index (χ1n) is 10.2. The molecular weight excluding hydrogens is 383 g/mol. The summed E-state index contributed by atoms with van der Waals surface area (Å²) in [5.41, 5.74) is 1.83. The number of hydrogen-bond acceptors (Lipinski definition) is 3. The maximum Gasteiger partial charge on any atom is 0.317 e. The number of carbonyl (C=O) groups is 2. The van der Waals surface area contributed by atoms with Crippen LogP contribution in [0.25, 0.3) is 0 Å². The number of rotatable bonds is 6. The molecule has 0 saturated heterocycles. The Morgan fingerprint density at radius 3 is 2.47 bits per heavy atom. The summed E-state index contributed by atoms with van der Waals surface area (Å²) < 4.78 is 14.6. The van der Waals surface area contributed by atoms with Crippen LogP contribution in [0.5, 0.6) is 0 Å². The number of amides is 3. The summed E-state index contributed by atoms with van der Waals surface area (Å²) in [4.78, 5) is 31.6. The molecule has 0 saturated carbocycles. The summed E-state index contributed by atoms with van der Waals surface area (Å²) in [7, 11) is 1.62. The lowest BCUT2D eigenvalue weighted by atomic mass is 10.00. The minimum absolute atomic E-state index is 0.0147. The fraction of sp³-hybridized carbons (Fsp3) is 0.348. The summed E-state index contributed by atoms with van der Waals surface area (Å²) in [6, 6.07) is 13.0. The highest BCUT2D eigenvalue weighted by molar-refractivity contribution is 6.20. The molecule has 6 nitrogen and oxygen atoms in total. The van der Waals surface area contributed by atoms with Crippen LogP contribution in [0.2, 0.25) is 0 Å². The smallest absolute Gasteiger partial charge is 0.317 e. The first kappa shape index (κ1) is 21.5. The molecule has 2 aromatic rings. The summed E-state index contributed by atoms with van der Waals surface area (Å²) >= 11 is 0. The van der Waals surface area contributed by atoms with Crippen LogP contribution in [-0.4, -0.2) is 36.9 Å². The fourth-order valence-corrected chi connectivity index (χ4v) is 3.56. The molecule has 1 aliphatic heterocycles. The summed E-state index contributed by atoms with van der Waals surface area (Å²) in [5, 5.41) is 5.56. The standard InChI is InChI=1S/C23H27FN4O2/c1-4-10-15(5-2)25-23(30)27-21-22(29)28(3)19-14-9-7-12-17(19)20(26-21)16-11-6-8-13-18(16)24/h6-9,11-15,21H,4-5,10H2,1-3H3,(H2,25,27,30). The van der Waals surface area contributed by atoms with Gasteiger partial charge < -0.3 is 15.5 Å². The maximum atomic E-state index is 14.6. The average molecular weight is 410 g/mol. The Bertz CT molecular complexity index is 960. The molecule has 0 aliphatic carbocycles. The molecule has 0 aromatic heterocycles. The van der Waals surface area contributed by atoms with Crippen LogP contribution >= 0.6 is 0 Å². The average Bonchev–Trinajstić information content (AvgIpc) is 2.85. The Hall–Kier alpha value is -3.22. The Balaban J connectivity index is 2.00. The van der Waals surface area contributed by atoms with Gasteiger partial charge in [-0.2, -0.15) is 0 Å². The molecule has 2 aromatic carbocycles. The van der Waals surface area contributed by atoms with Crippen LogP contribution < -0.4 is 15.5 Å². The quantitative estimate of drug-likeness (QED) is 0.759. The van der Waals surface area contributed by atoms with Crippen molar-refractivity contribution < 1.29 is 14.0 Å². The zero-order chi connectivity index (χ0) is 21.7. The summed E-state index contributed by atoms with van der Waals surface area (Å²) in [6.07, 6.45) is 1.40. The Labute approximate surface area is 176 Å². The molecule has 3 amide bonds. The van der Waals surface area contributed by atoms with Crippen LogP contribution in [0.3, 0.4) is 0 Å². The van der Waals surface area contributed by atoms with E-state index in [2.05, 4.69) is 15.6 Å². The number of hydrogen-bond donors (Lipinski definition) is 2. The lowest BCUT2D eigenvalue weighted by Gasteiger charge is -2.22. The third kappa shape index (κ3) is 4.50. The first-order chi connectivity index (χ1) is 14.5. The number of aliphatic imine (C=N–C) groups is 1. The number of anilines is 1. The van der Waals surface area contributed by atoms with Crippen LogP contribution in [0.15, 0.2) is 53.5 Å². The normalized spacial score (nSPS) is 16.9. The SMILES string of the molecule is CCCC(CC)NC(=O)NC1N=C(c2ccccc2F)c2ccccc2N(C)C1=O. The van der Waals surface area contributed by atoms with Crippen molar-refractivity contribution in [2.75, 3.05) is 11.9 Å². The first-order valence-corrected chi connectivity index (χ1v) is 10.2. The molecule has 1 heterocycles. The second-order valence-electron chi connectivity index (χ2n) is 7.29. The van der Waals surface area contributed by atoms with Gasteiger partial charge in [0.25, 0.3) is 5.91 Å². The predicted molar refractivity (Wildman–Crippen MR) is 116 cm³/mol. The van der Waals surface area contributed by atoms with Crippen molar-refractivity contribution >= 4 is 23.3 Å². The van der Waals surface area contributed by atoms with E-state index in [0.717, 1.165) is 19.3 Å². The molecule has 0 bridgehead atoms. The molecule has 0 spiro atoms. The molecule has 1 aliphatic rings. The van der Waals surface area contributed by atoms with E-state index in [1.54, 1.807) is 43.4 Å². The van der Waals surface area contributed by atoms with Gasteiger partial charge in [0.15, 0.2) is 0 Å². The molecule has 0 radical (unpaired) electrons. The number of likely N-dealkylation sites (N-methyl/N-ethyl adjacent to an activating group) is 1. The summed E-state index contributed by atoms with van der Waals surface area (Å²) in [6.45, 7) is 4.05. The van der Waals surface area contributed by atoms with Crippen molar-refractivity contribution in [3.8, 4) is 0 Å². The van der Waals surface area contributed by atoms with Crippen LogP contribution in [0.4, 0.5) is 14.9 Å². The molecule has 0 fully saturated rings. The van der Waals surface area contributed by atoms with Gasteiger partial charge in [-0.05, 0) is 31.0 Å². The largest absolute Gasteiger partial charge is 0.335 e.